The molecular weight excluding hydrogens is 236 g/mol. The molecule has 4 nitrogen and oxygen atoms in total. The molecule has 0 bridgehead atoms. The van der Waals surface area contributed by atoms with Crippen molar-refractivity contribution >= 4 is 17.3 Å². The number of nitrogens with zero attached hydrogens (tertiary/aromatic N) is 3. The van der Waals surface area contributed by atoms with Gasteiger partial charge in [0.2, 0.25) is 0 Å². The number of hydrogen-bond acceptors (Lipinski definition) is 3. The molecular formula is C12H13ClN4. The fourth-order valence-corrected chi connectivity index (χ4v) is 2.69. The quantitative estimate of drug-likeness (QED) is 0.832. The highest BCUT2D eigenvalue weighted by molar-refractivity contribution is 6.31. The molecule has 0 unspecified atom stereocenters. The second-order valence-electron chi connectivity index (χ2n) is 4.44. The largest absolute Gasteiger partial charge is 0.399 e. The fraction of sp³-hybridized carbons (Fsp3) is 0.333. The number of benzene rings is 1. The second kappa shape index (κ2) is 4.04. The molecule has 3 rings (SSSR count). The maximum Gasteiger partial charge on any atom is 0.119 e. The number of hydrogen-bond donors (Lipinski definition) is 1. The topological polar surface area (TPSA) is 56.7 Å². The summed E-state index contributed by atoms with van der Waals surface area (Å²) in [5, 5.41) is 8.49. The molecule has 1 aromatic heterocycles. The summed E-state index contributed by atoms with van der Waals surface area (Å²) in [7, 11) is 0. The van der Waals surface area contributed by atoms with E-state index in [9.17, 15) is 0 Å². The van der Waals surface area contributed by atoms with Gasteiger partial charge in [0.25, 0.3) is 0 Å². The summed E-state index contributed by atoms with van der Waals surface area (Å²) in [5.74, 6) is 0.419. The lowest BCUT2D eigenvalue weighted by Gasteiger charge is -2.38. The van der Waals surface area contributed by atoms with Gasteiger partial charge in [-0.05, 0) is 36.6 Å². The second-order valence-corrected chi connectivity index (χ2v) is 4.85. The van der Waals surface area contributed by atoms with Crippen LogP contribution in [0, 0.1) is 0 Å². The molecule has 17 heavy (non-hydrogen) atoms. The zero-order valence-corrected chi connectivity index (χ0v) is 10.0. The van der Waals surface area contributed by atoms with Gasteiger partial charge in [-0.3, -0.25) is 0 Å². The van der Waals surface area contributed by atoms with Gasteiger partial charge in [-0.25, -0.2) is 0 Å². The van der Waals surface area contributed by atoms with Crippen molar-refractivity contribution in [2.75, 3.05) is 5.73 Å². The monoisotopic (exact) mass is 248 g/mol. The predicted octanol–water partition coefficient (Wildman–Crippen LogP) is 2.63. The van der Waals surface area contributed by atoms with Crippen LogP contribution in [0.4, 0.5) is 5.69 Å². The highest BCUT2D eigenvalue weighted by atomic mass is 35.5. The molecule has 1 saturated carbocycles. The number of anilines is 1. The molecule has 2 N–H and O–H groups in total. The molecule has 2 atom stereocenters. The maximum absolute atomic E-state index is 6.23. The summed E-state index contributed by atoms with van der Waals surface area (Å²) >= 11 is 6.23. The highest BCUT2D eigenvalue weighted by Gasteiger charge is 2.34. The van der Waals surface area contributed by atoms with Gasteiger partial charge in [0, 0.05) is 22.7 Å². The van der Waals surface area contributed by atoms with E-state index in [0.29, 0.717) is 12.0 Å². The number of rotatable bonds is 2. The average molecular weight is 249 g/mol. The average Bonchev–Trinajstić information content (AvgIpc) is 2.75. The first-order chi connectivity index (χ1) is 8.25. The standard InChI is InChI=1S/C12H13ClN4/c13-11-3-1-8(14)5-10(11)9-2-4-12(9)17-6-15-16-7-17/h1,3,5-7,9,12H,2,4,14H2/t9-,12+/m0/s1. The zero-order chi connectivity index (χ0) is 11.8. The van der Waals surface area contributed by atoms with Crippen LogP contribution in [0.15, 0.2) is 30.9 Å². The summed E-state index contributed by atoms with van der Waals surface area (Å²) in [6.07, 6.45) is 5.79. The normalized spacial score (nSPS) is 23.4. The minimum Gasteiger partial charge on any atom is -0.399 e. The Bertz CT molecular complexity index is 523. The lowest BCUT2D eigenvalue weighted by Crippen LogP contribution is -2.26. The SMILES string of the molecule is Nc1ccc(Cl)c([C@@H]2CC[C@H]2n2cnnc2)c1. The first-order valence-corrected chi connectivity index (χ1v) is 6.02. The van der Waals surface area contributed by atoms with Crippen molar-refractivity contribution in [1.82, 2.24) is 14.8 Å². The van der Waals surface area contributed by atoms with E-state index < -0.39 is 0 Å². The van der Waals surface area contributed by atoms with Crippen LogP contribution in [0.2, 0.25) is 5.02 Å². The van der Waals surface area contributed by atoms with Crippen molar-refractivity contribution in [1.29, 1.82) is 0 Å². The molecule has 1 heterocycles. The van der Waals surface area contributed by atoms with Gasteiger partial charge in [-0.2, -0.15) is 0 Å². The Morgan fingerprint density at radius 2 is 2.00 bits per heavy atom. The molecule has 88 valence electrons. The van der Waals surface area contributed by atoms with Gasteiger partial charge >= 0.3 is 0 Å². The van der Waals surface area contributed by atoms with E-state index in [1.165, 1.54) is 0 Å². The maximum atomic E-state index is 6.23. The molecule has 1 aromatic carbocycles. The first kappa shape index (κ1) is 10.6. The Labute approximate surface area is 104 Å². The van der Waals surface area contributed by atoms with Crippen LogP contribution in [-0.2, 0) is 0 Å². The molecule has 5 heteroatoms. The third kappa shape index (κ3) is 1.78. The molecule has 1 aliphatic carbocycles. The van der Waals surface area contributed by atoms with Crippen molar-refractivity contribution in [3.05, 3.63) is 41.4 Å². The minimum absolute atomic E-state index is 0.407. The predicted molar refractivity (Wildman–Crippen MR) is 66.9 cm³/mol. The number of halogens is 1. The Morgan fingerprint density at radius 3 is 2.65 bits per heavy atom. The van der Waals surface area contributed by atoms with Gasteiger partial charge in [-0.15, -0.1) is 10.2 Å². The first-order valence-electron chi connectivity index (χ1n) is 5.65. The van der Waals surface area contributed by atoms with Crippen LogP contribution in [0.3, 0.4) is 0 Å². The van der Waals surface area contributed by atoms with E-state index in [2.05, 4.69) is 10.2 Å². The van der Waals surface area contributed by atoms with E-state index in [1.807, 2.05) is 22.8 Å². The third-order valence-electron chi connectivity index (χ3n) is 3.48. The van der Waals surface area contributed by atoms with Crippen molar-refractivity contribution in [2.24, 2.45) is 0 Å². The van der Waals surface area contributed by atoms with Crippen molar-refractivity contribution in [3.63, 3.8) is 0 Å². The number of nitrogen functional groups attached to an aromatic ring is 1. The number of aromatic nitrogens is 3. The summed E-state index contributed by atoms with van der Waals surface area (Å²) < 4.78 is 2.05. The lowest BCUT2D eigenvalue weighted by molar-refractivity contribution is 0.256. The minimum atomic E-state index is 0.407. The summed E-state index contributed by atoms with van der Waals surface area (Å²) in [4.78, 5) is 0. The van der Waals surface area contributed by atoms with E-state index in [1.54, 1.807) is 12.7 Å². The van der Waals surface area contributed by atoms with Crippen molar-refractivity contribution < 1.29 is 0 Å². The molecule has 0 saturated heterocycles. The van der Waals surface area contributed by atoms with Gasteiger partial charge in [0.1, 0.15) is 12.7 Å². The summed E-state index contributed by atoms with van der Waals surface area (Å²) in [5.41, 5.74) is 7.72. The Kier molecular flexibility index (Phi) is 2.52. The summed E-state index contributed by atoms with van der Waals surface area (Å²) in [6, 6.07) is 6.08. The smallest absolute Gasteiger partial charge is 0.119 e. The van der Waals surface area contributed by atoms with Crippen LogP contribution < -0.4 is 5.73 Å². The van der Waals surface area contributed by atoms with E-state index in [-0.39, 0.29) is 0 Å². The van der Waals surface area contributed by atoms with Gasteiger partial charge in [-0.1, -0.05) is 11.6 Å². The fourth-order valence-electron chi connectivity index (χ4n) is 2.43. The van der Waals surface area contributed by atoms with Crippen LogP contribution >= 0.6 is 11.6 Å². The molecule has 0 radical (unpaired) electrons. The van der Waals surface area contributed by atoms with E-state index in [4.69, 9.17) is 17.3 Å². The molecule has 0 amide bonds. The molecule has 0 spiro atoms. The Balaban J connectivity index is 1.92. The van der Waals surface area contributed by atoms with Gasteiger partial charge in [0.15, 0.2) is 0 Å². The molecule has 1 aliphatic rings. The van der Waals surface area contributed by atoms with Crippen LogP contribution in [0.25, 0.3) is 0 Å². The lowest BCUT2D eigenvalue weighted by atomic mass is 9.75. The van der Waals surface area contributed by atoms with Crippen LogP contribution in [0.1, 0.15) is 30.4 Å². The Morgan fingerprint density at radius 1 is 1.24 bits per heavy atom. The van der Waals surface area contributed by atoms with Crippen molar-refractivity contribution in [2.45, 2.75) is 24.8 Å². The van der Waals surface area contributed by atoms with Crippen molar-refractivity contribution in [3.8, 4) is 0 Å². The van der Waals surface area contributed by atoms with E-state index >= 15 is 0 Å². The van der Waals surface area contributed by atoms with E-state index in [0.717, 1.165) is 29.1 Å². The van der Waals surface area contributed by atoms with Gasteiger partial charge in [0.05, 0.1) is 0 Å². The van der Waals surface area contributed by atoms with Crippen LogP contribution in [-0.4, -0.2) is 14.8 Å². The third-order valence-corrected chi connectivity index (χ3v) is 3.82. The van der Waals surface area contributed by atoms with Crippen LogP contribution in [0.5, 0.6) is 0 Å². The summed E-state index contributed by atoms with van der Waals surface area (Å²) in [6.45, 7) is 0. The Hall–Kier alpha value is -1.55. The number of nitrogens with two attached hydrogens (primary N) is 1. The van der Waals surface area contributed by atoms with Gasteiger partial charge < -0.3 is 10.3 Å². The zero-order valence-electron chi connectivity index (χ0n) is 9.25. The highest BCUT2D eigenvalue weighted by Crippen LogP contribution is 2.48. The molecule has 1 fully saturated rings. The molecule has 2 aromatic rings. The molecule has 0 aliphatic heterocycles.